The first-order valence-corrected chi connectivity index (χ1v) is 45.1. The van der Waals surface area contributed by atoms with Crippen LogP contribution in [0.3, 0.4) is 0 Å². The van der Waals surface area contributed by atoms with Crippen LogP contribution in [0.1, 0.15) is 237 Å². The van der Waals surface area contributed by atoms with E-state index in [9.17, 15) is 29.1 Å². The van der Waals surface area contributed by atoms with Crippen LogP contribution < -0.4 is 0 Å². The van der Waals surface area contributed by atoms with Crippen molar-refractivity contribution in [1.82, 2.24) is 0 Å². The van der Waals surface area contributed by atoms with E-state index < -0.39 is 16.9 Å². The van der Waals surface area contributed by atoms with Gasteiger partial charge in [0, 0.05) is 65.6 Å². The number of rotatable bonds is 0. The lowest BCUT2D eigenvalue weighted by atomic mass is 9.72. The van der Waals surface area contributed by atoms with E-state index in [0.717, 1.165) is 181 Å². The van der Waals surface area contributed by atoms with Gasteiger partial charge in [-0.25, -0.2) is 14.4 Å². The zero-order valence-corrected chi connectivity index (χ0v) is 75.5. The molecule has 5 saturated heterocycles. The molecular formula is C105H136N4O14. The van der Waals surface area contributed by atoms with Gasteiger partial charge in [0.15, 0.2) is 0 Å². The number of allylic oxidation sites excluding steroid dienone is 20. The average Bonchev–Trinajstić information content (AvgIpc) is 1.60. The Bertz CT molecular complexity index is 4690. The van der Waals surface area contributed by atoms with Crippen molar-refractivity contribution in [3.63, 3.8) is 0 Å². The van der Waals surface area contributed by atoms with Crippen LogP contribution in [0.15, 0.2) is 281 Å². The maximum Gasteiger partial charge on any atom is 0.334 e. The van der Waals surface area contributed by atoms with Crippen molar-refractivity contribution in [2.75, 3.05) is 26.2 Å². The SMILES string of the molecule is C/C1=C\CC/C(C)=C/[C@@H]2OC(=O)C3(CN=NC3)[C@H]2CC/C(C)=C/CC1.C=C1C(=O)O[C@H]2/C=C(\C)CC/C=C(\C)CC/C=C(\C)CC[C@H]12.C=C1OC2C=C1C/C=C/C(C)=C\C[C@@H]1C(=C)C(=O)O[C@H]1/C=C(\C)C2.C=C1OC2C=C1CC/C=C(\C)CC[C@H]1[C@H](/C=C(\C)C2)OC(=O)C12CN=NC2.C=C1OC2C=C1CCC(O)/C(C)=C\C[C@@H]1C(=C)C(=O)O[C@H]1/C=C(\C)C2. The van der Waals surface area contributed by atoms with E-state index in [1.165, 1.54) is 55.7 Å². The van der Waals surface area contributed by atoms with E-state index in [2.05, 4.69) is 214 Å². The predicted molar refractivity (Wildman–Crippen MR) is 486 cm³/mol. The summed E-state index contributed by atoms with van der Waals surface area (Å²) in [5.74, 6) is 1.52. The highest BCUT2D eigenvalue weighted by atomic mass is 16.6. The van der Waals surface area contributed by atoms with Gasteiger partial charge in [-0.2, -0.15) is 20.5 Å². The fraction of sp³-hybridized carbons (Fsp3) is 0.533. The van der Waals surface area contributed by atoms with E-state index in [-0.39, 0.29) is 108 Å². The number of hydrogen-bond donors (Lipinski definition) is 1. The molecule has 18 nitrogen and oxygen atoms in total. The van der Waals surface area contributed by atoms with Crippen molar-refractivity contribution >= 4 is 29.8 Å². The molecule has 2 spiro atoms. The summed E-state index contributed by atoms with van der Waals surface area (Å²) in [7, 11) is 0. The monoisotopic (exact) mass is 1680 g/mol. The quantitative estimate of drug-likeness (QED) is 0.103. The zero-order valence-electron chi connectivity index (χ0n) is 75.5. The summed E-state index contributed by atoms with van der Waals surface area (Å²) < 4.78 is 45.8. The number of nitrogens with zero attached hydrogens (tertiary/aromatic N) is 4. The molecule has 4 unspecified atom stereocenters. The first kappa shape index (κ1) is 93.9. The molecule has 0 aromatic rings. The molecule has 15 rings (SSSR count). The Hall–Kier alpha value is -9.81. The summed E-state index contributed by atoms with van der Waals surface area (Å²) in [4.78, 5) is 61.1. The van der Waals surface area contributed by atoms with Crippen LogP contribution in [0.4, 0.5) is 0 Å². The average molecular weight is 1680 g/mol. The summed E-state index contributed by atoms with van der Waals surface area (Å²) in [5.41, 5.74) is 19.3. The molecule has 0 aromatic carbocycles. The van der Waals surface area contributed by atoms with Crippen LogP contribution in [0.5, 0.6) is 0 Å². The second kappa shape index (κ2) is 43.2. The van der Waals surface area contributed by atoms with Crippen molar-refractivity contribution < 1.29 is 67.0 Å². The molecule has 0 saturated carbocycles. The van der Waals surface area contributed by atoms with Gasteiger partial charge in [-0.15, -0.1) is 0 Å². The lowest BCUT2D eigenvalue weighted by molar-refractivity contribution is -0.147. The van der Waals surface area contributed by atoms with Crippen LogP contribution >= 0.6 is 0 Å². The number of carbonyl (C=O) groups excluding carboxylic acids is 5. The van der Waals surface area contributed by atoms with Crippen molar-refractivity contribution in [2.24, 2.45) is 60.9 Å². The van der Waals surface area contributed by atoms with Crippen molar-refractivity contribution in [2.45, 2.75) is 292 Å². The molecule has 14 atom stereocenters. The van der Waals surface area contributed by atoms with Crippen LogP contribution in [0.2, 0.25) is 0 Å². The molecule has 0 radical (unpaired) electrons. The fourth-order valence-electron chi connectivity index (χ4n) is 19.0. The Balaban J connectivity index is 0.000000150. The number of fused-ring (bicyclic) bond motifs is 10. The molecule has 5 aliphatic carbocycles. The standard InChI is InChI=1S/C22H28N2O3.C21H30N2O2.C21H26O4.C21H24O3.C20H28O2/c1-14-5-4-6-17-11-18(26-16(17)3)9-15(2)10-20-19(8-7-14)22(21(25)27-20)12-23-24-13-22;1-15-6-4-8-16(2)10-11-18-19(12-17(3)9-5-7-15)25-20(24)21(18)13-22-23-14-21;1-12-9-17-11-16(15(4)24-17)6-8-19(22)13(2)5-7-18-14(3)21(23)25-20(18)10-12;1-13-6-5-7-17-12-18(23-16(17)4)10-14(2)11-20-19(9-8-13)15(3)21(22)24-20;1-14-7-5-9-15(2)11-12-18-17(4)20(21)22-19(18)13-16(3)10-6-8-14/h5,10-11,18-20H,3-4,6-9,12-13H2,1-2H3;7-8,12,18-19H,4-6,9-11,13-14H2,1-3H3;5,10-11,17-20,22H,3-4,6-9H2,1-2H3;5-6,8,11-12,18-20H,3-4,7,9-10H2,1-2H3;8-9,13,18-19H,4-7,10-12H2,1-3H3/b14-5+,15-10+;15-7+,16-8+,17-12+;12-10+,13-5-;6-5+,13-8-,14-11+;14-8+,15-9+,16-13+/t18?,19-,20-;18-,19-;17?,18-,19?,20+;18?,19-,20+;18-,19+/m00111/s1. The van der Waals surface area contributed by atoms with Gasteiger partial charge in [-0.1, -0.05) is 155 Å². The van der Waals surface area contributed by atoms with Gasteiger partial charge < -0.3 is 43.0 Å². The second-order valence-electron chi connectivity index (χ2n) is 37.1. The Labute approximate surface area is 732 Å². The normalized spacial score (nSPS) is 36.5. The molecule has 10 heterocycles. The van der Waals surface area contributed by atoms with Crippen molar-refractivity contribution in [3.05, 3.63) is 260 Å². The van der Waals surface area contributed by atoms with Crippen molar-refractivity contribution in [1.29, 1.82) is 0 Å². The molecule has 0 amide bonds. The maximum atomic E-state index is 12.7. The summed E-state index contributed by atoms with van der Waals surface area (Å²) in [6, 6.07) is 0. The van der Waals surface area contributed by atoms with Crippen LogP contribution in [0.25, 0.3) is 0 Å². The number of carbonyl (C=O) groups is 5. The van der Waals surface area contributed by atoms with Gasteiger partial charge in [-0.3, -0.25) is 9.59 Å². The molecule has 6 bridgehead atoms. The van der Waals surface area contributed by atoms with Gasteiger partial charge in [0.05, 0.1) is 32.3 Å². The molecule has 5 fully saturated rings. The van der Waals surface area contributed by atoms with Crippen LogP contribution in [0, 0.1) is 40.4 Å². The highest BCUT2D eigenvalue weighted by Gasteiger charge is 2.59. The molecule has 15 aliphatic rings. The Morgan fingerprint density at radius 1 is 0.341 bits per heavy atom. The summed E-state index contributed by atoms with van der Waals surface area (Å²) >= 11 is 0. The highest BCUT2D eigenvalue weighted by Crippen LogP contribution is 2.50. The number of hydrogen-bond acceptors (Lipinski definition) is 18. The smallest absolute Gasteiger partial charge is 0.334 e. The van der Waals surface area contributed by atoms with Gasteiger partial charge >= 0.3 is 29.8 Å². The Morgan fingerprint density at radius 3 is 1.13 bits per heavy atom. The van der Waals surface area contributed by atoms with Gasteiger partial charge in [-0.05, 0) is 289 Å². The third kappa shape index (κ3) is 24.8. The van der Waals surface area contributed by atoms with E-state index in [1.54, 1.807) is 0 Å². The van der Waals surface area contributed by atoms with E-state index in [4.69, 9.17) is 37.9 Å². The molecule has 10 aliphatic heterocycles. The van der Waals surface area contributed by atoms with Gasteiger partial charge in [0.2, 0.25) is 0 Å². The molecule has 18 heteroatoms. The number of esters is 5. The van der Waals surface area contributed by atoms with Crippen LogP contribution in [-0.4, -0.2) is 116 Å². The Morgan fingerprint density at radius 2 is 0.683 bits per heavy atom. The number of aliphatic hydroxyl groups is 1. The highest BCUT2D eigenvalue weighted by molar-refractivity contribution is 5.92. The lowest BCUT2D eigenvalue weighted by Crippen LogP contribution is -2.38. The Kier molecular flexibility index (Phi) is 33.0. The minimum atomic E-state index is -0.565. The summed E-state index contributed by atoms with van der Waals surface area (Å²) in [6.45, 7) is 51.1. The van der Waals surface area contributed by atoms with E-state index in [1.807, 2.05) is 32.1 Å². The molecular weight excluding hydrogens is 1540 g/mol. The minimum absolute atomic E-state index is 0.00399. The fourth-order valence-corrected chi connectivity index (χ4v) is 19.0. The second-order valence-corrected chi connectivity index (χ2v) is 37.1. The first-order valence-electron chi connectivity index (χ1n) is 45.1. The maximum absolute atomic E-state index is 12.7. The van der Waals surface area contributed by atoms with Gasteiger partial charge in [0.1, 0.15) is 76.9 Å². The number of ether oxygens (including phenoxy) is 8. The molecule has 0 aromatic heterocycles. The number of aliphatic hydroxyl groups excluding tert-OH is 1. The van der Waals surface area contributed by atoms with E-state index >= 15 is 0 Å². The third-order valence-electron chi connectivity index (χ3n) is 27.0. The van der Waals surface area contributed by atoms with Crippen molar-refractivity contribution in [3.8, 4) is 0 Å². The molecule has 1 N–H and O–H groups in total. The predicted octanol–water partition coefficient (Wildman–Crippen LogP) is 23.4. The zero-order chi connectivity index (χ0) is 88.4. The topological polar surface area (TPSA) is 229 Å². The molecule has 123 heavy (non-hydrogen) atoms. The summed E-state index contributed by atoms with van der Waals surface area (Å²) in [5, 5.41) is 27.0. The largest absolute Gasteiger partial charge is 0.486 e. The minimum Gasteiger partial charge on any atom is -0.486 e. The number of azo groups is 2. The van der Waals surface area contributed by atoms with Crippen LogP contribution in [-0.2, 0) is 61.9 Å². The van der Waals surface area contributed by atoms with Gasteiger partial charge in [0.25, 0.3) is 0 Å². The lowest BCUT2D eigenvalue weighted by Gasteiger charge is -2.26. The third-order valence-corrected chi connectivity index (χ3v) is 27.0. The first-order chi connectivity index (χ1) is 58.7. The van der Waals surface area contributed by atoms with E-state index in [0.29, 0.717) is 61.5 Å². The molecule has 660 valence electrons. The summed E-state index contributed by atoms with van der Waals surface area (Å²) in [6.07, 6.45) is 57.7.